The van der Waals surface area contributed by atoms with E-state index in [4.69, 9.17) is 9.73 Å². The molecular formula is C48H41N3O. The number of benzene rings is 6. The lowest BCUT2D eigenvalue weighted by Crippen LogP contribution is -2.27. The zero-order chi connectivity index (χ0) is 34.9. The summed E-state index contributed by atoms with van der Waals surface area (Å²) < 4.78 is 6.57. The normalized spacial score (nSPS) is 21.9. The minimum absolute atomic E-state index is 0.175. The van der Waals surface area contributed by atoms with Gasteiger partial charge in [0.15, 0.2) is 6.23 Å². The quantitative estimate of drug-likeness (QED) is 0.202. The van der Waals surface area contributed by atoms with E-state index < -0.39 is 0 Å². The number of nitrogens with one attached hydrogen (secondary N) is 1. The zero-order valence-corrected chi connectivity index (χ0v) is 29.8. The van der Waals surface area contributed by atoms with Crippen molar-refractivity contribution in [1.82, 2.24) is 10.2 Å². The summed E-state index contributed by atoms with van der Waals surface area (Å²) in [5, 5.41) is 8.70. The van der Waals surface area contributed by atoms with Gasteiger partial charge in [-0.1, -0.05) is 129 Å². The van der Waals surface area contributed by atoms with Crippen molar-refractivity contribution in [3.63, 3.8) is 0 Å². The Morgan fingerprint density at radius 2 is 1.54 bits per heavy atom. The molecule has 4 unspecified atom stereocenters. The highest BCUT2D eigenvalue weighted by Gasteiger charge is 2.35. The Bertz CT molecular complexity index is 2540. The molecule has 0 saturated carbocycles. The molecule has 6 aromatic carbocycles. The van der Waals surface area contributed by atoms with Crippen molar-refractivity contribution in [2.75, 3.05) is 7.05 Å². The number of allylic oxidation sites excluding steroid dienone is 3. The molecule has 0 radical (unpaired) electrons. The molecule has 4 nitrogen and oxygen atoms in total. The zero-order valence-electron chi connectivity index (χ0n) is 29.8. The fourth-order valence-corrected chi connectivity index (χ4v) is 8.68. The van der Waals surface area contributed by atoms with E-state index in [1.807, 2.05) is 0 Å². The van der Waals surface area contributed by atoms with Crippen LogP contribution >= 0.6 is 0 Å². The van der Waals surface area contributed by atoms with Gasteiger partial charge >= 0.3 is 0 Å². The lowest BCUT2D eigenvalue weighted by Gasteiger charge is -2.34. The van der Waals surface area contributed by atoms with Gasteiger partial charge in [0, 0.05) is 35.9 Å². The molecule has 0 spiro atoms. The minimum atomic E-state index is -0.194. The fourth-order valence-electron chi connectivity index (χ4n) is 8.68. The second-order valence-electron chi connectivity index (χ2n) is 15.0. The third-order valence-electron chi connectivity index (χ3n) is 11.5. The maximum atomic E-state index is 6.57. The van der Waals surface area contributed by atoms with Crippen molar-refractivity contribution in [3.05, 3.63) is 184 Å². The van der Waals surface area contributed by atoms with Crippen molar-refractivity contribution in [2.24, 2.45) is 10.9 Å². The van der Waals surface area contributed by atoms with Crippen molar-refractivity contribution < 1.29 is 4.74 Å². The Hall–Kier alpha value is -5.87. The number of ether oxygens (including phenoxy) is 1. The van der Waals surface area contributed by atoms with Gasteiger partial charge in [-0.25, -0.2) is 0 Å². The number of rotatable bonds is 4. The summed E-state index contributed by atoms with van der Waals surface area (Å²) in [6.45, 7) is 4.60. The summed E-state index contributed by atoms with van der Waals surface area (Å²) in [6.07, 6.45) is 8.45. The number of aliphatic imine (C=N–C) groups is 1. The van der Waals surface area contributed by atoms with E-state index >= 15 is 0 Å². The van der Waals surface area contributed by atoms with Crippen LogP contribution in [0.5, 0.6) is 0 Å². The lowest BCUT2D eigenvalue weighted by molar-refractivity contribution is 0.121. The van der Waals surface area contributed by atoms with Crippen LogP contribution in [0.25, 0.3) is 39.0 Å². The Morgan fingerprint density at radius 1 is 0.731 bits per heavy atom. The van der Waals surface area contributed by atoms with E-state index in [1.54, 1.807) is 0 Å². The van der Waals surface area contributed by atoms with Crippen LogP contribution in [0.3, 0.4) is 0 Å². The first kappa shape index (κ1) is 30.9. The van der Waals surface area contributed by atoms with Gasteiger partial charge in [-0.3, -0.25) is 4.99 Å². The first-order chi connectivity index (χ1) is 25.5. The molecule has 2 heterocycles. The predicted molar refractivity (Wildman–Crippen MR) is 215 cm³/mol. The molecule has 0 aromatic heterocycles. The van der Waals surface area contributed by atoms with Crippen LogP contribution in [0.1, 0.15) is 83.1 Å². The predicted octanol–water partition coefficient (Wildman–Crippen LogP) is 11.2. The average Bonchev–Trinajstić information content (AvgIpc) is 3.61. The Labute approximate surface area is 305 Å². The van der Waals surface area contributed by atoms with E-state index in [2.05, 4.69) is 171 Å². The van der Waals surface area contributed by atoms with Gasteiger partial charge in [0.25, 0.3) is 0 Å². The summed E-state index contributed by atoms with van der Waals surface area (Å²) in [6, 6.07) is 44.3. The largest absolute Gasteiger partial charge is 0.469 e. The summed E-state index contributed by atoms with van der Waals surface area (Å²) >= 11 is 0. The third-order valence-corrected chi connectivity index (χ3v) is 11.5. The molecule has 0 fully saturated rings. The van der Waals surface area contributed by atoms with Crippen LogP contribution in [0.15, 0.2) is 144 Å². The van der Waals surface area contributed by atoms with E-state index in [9.17, 15) is 0 Å². The van der Waals surface area contributed by atoms with Gasteiger partial charge < -0.3 is 15.0 Å². The molecule has 0 saturated heterocycles. The number of hydrogen-bond donors (Lipinski definition) is 1. The SMILES string of the molecule is CC1C=Cc2ccc(C3=NC(c4ccc5c6c(ccc5c4)C(C)CC4=C6NC(c5ccccc5)O4)N(C)C(c4ccc5ccccc5c4)=C3)cc2C1. The molecule has 0 bridgehead atoms. The first-order valence-electron chi connectivity index (χ1n) is 18.6. The van der Waals surface area contributed by atoms with E-state index in [0.717, 1.165) is 35.6 Å². The van der Waals surface area contributed by atoms with Crippen LogP contribution < -0.4 is 5.32 Å². The second-order valence-corrected chi connectivity index (χ2v) is 15.0. The Morgan fingerprint density at radius 3 is 2.42 bits per heavy atom. The Kier molecular flexibility index (Phi) is 7.21. The lowest BCUT2D eigenvalue weighted by atomic mass is 9.82. The monoisotopic (exact) mass is 675 g/mol. The maximum Gasteiger partial charge on any atom is 0.196 e. The topological polar surface area (TPSA) is 36.9 Å². The van der Waals surface area contributed by atoms with Crippen molar-refractivity contribution in [1.29, 1.82) is 0 Å². The fraction of sp³-hybridized carbons (Fsp3) is 0.188. The molecular weight excluding hydrogens is 635 g/mol. The van der Waals surface area contributed by atoms with Crippen molar-refractivity contribution >= 4 is 44.7 Å². The second kappa shape index (κ2) is 12.1. The molecule has 6 aromatic rings. The number of fused-ring (bicyclic) bond motifs is 6. The molecule has 254 valence electrons. The minimum Gasteiger partial charge on any atom is -0.469 e. The first-order valence-corrected chi connectivity index (χ1v) is 18.6. The smallest absolute Gasteiger partial charge is 0.196 e. The highest BCUT2D eigenvalue weighted by Crippen LogP contribution is 2.47. The van der Waals surface area contributed by atoms with Gasteiger partial charge in [-0.05, 0) is 91.9 Å². The number of hydrogen-bond acceptors (Lipinski definition) is 4. The van der Waals surface area contributed by atoms with Gasteiger partial charge in [-0.15, -0.1) is 0 Å². The summed E-state index contributed by atoms with van der Waals surface area (Å²) in [7, 11) is 2.19. The van der Waals surface area contributed by atoms with E-state index in [1.165, 1.54) is 66.2 Å². The van der Waals surface area contributed by atoms with Crippen LogP contribution in [-0.4, -0.2) is 17.7 Å². The van der Waals surface area contributed by atoms with Gasteiger partial charge in [0.05, 0.1) is 11.4 Å². The standard InChI is InChI=1S/C48H41N3O/c1-29-13-14-32-15-17-36(27-39(32)23-29)42-28-43(37-18-16-31-9-7-8-12-34(31)25-37)51(3)47(49-42)38-20-22-41-35(26-38)19-21-40-30(2)24-44-46(45(40)41)50-48(52-44)33-10-5-4-6-11-33/h4-22,25-30,47-48,50H,23-24H2,1-3H3. The molecule has 52 heavy (non-hydrogen) atoms. The van der Waals surface area contributed by atoms with Crippen LogP contribution in [-0.2, 0) is 11.2 Å². The highest BCUT2D eigenvalue weighted by atomic mass is 16.5. The highest BCUT2D eigenvalue weighted by molar-refractivity contribution is 6.13. The molecule has 1 N–H and O–H groups in total. The summed E-state index contributed by atoms with van der Waals surface area (Å²) in [5.74, 6) is 1.97. The van der Waals surface area contributed by atoms with Crippen LogP contribution in [0, 0.1) is 5.92 Å². The molecule has 4 atom stereocenters. The summed E-state index contributed by atoms with van der Waals surface area (Å²) in [5.41, 5.74) is 13.3. The third kappa shape index (κ3) is 5.16. The molecule has 2 aliphatic heterocycles. The molecule has 2 aliphatic carbocycles. The van der Waals surface area contributed by atoms with E-state index in [0.29, 0.717) is 11.8 Å². The van der Waals surface area contributed by atoms with E-state index in [-0.39, 0.29) is 12.4 Å². The van der Waals surface area contributed by atoms with Gasteiger partial charge in [-0.2, -0.15) is 0 Å². The van der Waals surface area contributed by atoms with Crippen LogP contribution in [0.2, 0.25) is 0 Å². The van der Waals surface area contributed by atoms with Crippen LogP contribution in [0.4, 0.5) is 0 Å². The average molecular weight is 676 g/mol. The summed E-state index contributed by atoms with van der Waals surface area (Å²) in [4.78, 5) is 7.86. The van der Waals surface area contributed by atoms with Gasteiger partial charge in [0.1, 0.15) is 11.9 Å². The number of nitrogens with zero attached hydrogens (tertiary/aromatic N) is 2. The van der Waals surface area contributed by atoms with Crippen molar-refractivity contribution in [3.8, 4) is 0 Å². The van der Waals surface area contributed by atoms with Gasteiger partial charge in [0.2, 0.25) is 0 Å². The maximum absolute atomic E-state index is 6.57. The molecule has 4 aliphatic rings. The molecule has 10 rings (SSSR count). The Balaban J connectivity index is 1.07. The molecule has 4 heteroatoms. The molecule has 0 amide bonds. The van der Waals surface area contributed by atoms with Crippen molar-refractivity contribution in [2.45, 2.75) is 45.0 Å².